The van der Waals surface area contributed by atoms with Gasteiger partial charge in [-0.05, 0) is 43.4 Å². The highest BCUT2D eigenvalue weighted by Gasteiger charge is 2.16. The SMILES string of the molecule is CCc1cc2c(=O)n(CC(=O)Nc3ccc(C)c(Cl)c3)c(SC)nc2s1. The van der Waals surface area contributed by atoms with Crippen LogP contribution in [0.2, 0.25) is 5.02 Å². The fourth-order valence-corrected chi connectivity index (χ4v) is 4.28. The molecule has 0 spiro atoms. The van der Waals surface area contributed by atoms with Gasteiger partial charge in [0.05, 0.1) is 5.39 Å². The molecular weight excluding hydrogens is 390 g/mol. The number of aromatic nitrogens is 2. The average Bonchev–Trinajstić information content (AvgIpc) is 3.04. The van der Waals surface area contributed by atoms with Gasteiger partial charge < -0.3 is 5.32 Å². The van der Waals surface area contributed by atoms with E-state index in [1.165, 1.54) is 27.7 Å². The number of amides is 1. The fraction of sp³-hybridized carbons (Fsp3) is 0.278. The van der Waals surface area contributed by atoms with E-state index < -0.39 is 0 Å². The Morgan fingerprint density at radius 2 is 2.15 bits per heavy atom. The van der Waals surface area contributed by atoms with Crippen LogP contribution in [-0.4, -0.2) is 21.7 Å². The molecule has 2 heterocycles. The highest BCUT2D eigenvalue weighted by atomic mass is 35.5. The van der Waals surface area contributed by atoms with E-state index in [1.54, 1.807) is 12.1 Å². The molecule has 0 unspecified atom stereocenters. The van der Waals surface area contributed by atoms with Gasteiger partial charge in [-0.15, -0.1) is 11.3 Å². The summed E-state index contributed by atoms with van der Waals surface area (Å²) in [6.07, 6.45) is 2.69. The van der Waals surface area contributed by atoms with Crippen molar-refractivity contribution in [2.24, 2.45) is 0 Å². The Labute approximate surface area is 164 Å². The largest absolute Gasteiger partial charge is 0.324 e. The van der Waals surface area contributed by atoms with Crippen LogP contribution in [0, 0.1) is 6.92 Å². The number of nitrogens with zero attached hydrogens (tertiary/aromatic N) is 2. The van der Waals surface area contributed by atoms with Crippen LogP contribution in [0.15, 0.2) is 34.2 Å². The van der Waals surface area contributed by atoms with Crippen molar-refractivity contribution in [2.45, 2.75) is 32.0 Å². The summed E-state index contributed by atoms with van der Waals surface area (Å²) in [6, 6.07) is 7.18. The zero-order valence-corrected chi connectivity index (χ0v) is 17.0. The minimum atomic E-state index is -0.297. The van der Waals surface area contributed by atoms with Crippen LogP contribution in [0.1, 0.15) is 17.4 Å². The summed E-state index contributed by atoms with van der Waals surface area (Å²) in [5.41, 5.74) is 1.35. The van der Waals surface area contributed by atoms with Crippen molar-refractivity contribution < 1.29 is 4.79 Å². The number of hydrogen-bond donors (Lipinski definition) is 1. The predicted octanol–water partition coefficient (Wildman–Crippen LogP) is 4.34. The Morgan fingerprint density at radius 1 is 1.38 bits per heavy atom. The summed E-state index contributed by atoms with van der Waals surface area (Å²) in [6.45, 7) is 3.84. The third kappa shape index (κ3) is 3.79. The summed E-state index contributed by atoms with van der Waals surface area (Å²) in [7, 11) is 0. The monoisotopic (exact) mass is 407 g/mol. The lowest BCUT2D eigenvalue weighted by atomic mass is 10.2. The molecule has 0 aliphatic carbocycles. The number of thioether (sulfide) groups is 1. The maximum atomic E-state index is 12.8. The molecular formula is C18H18ClN3O2S2. The number of aryl methyl sites for hydroxylation is 2. The molecule has 0 aliphatic heterocycles. The first kappa shape index (κ1) is 18.9. The number of halogens is 1. The van der Waals surface area contributed by atoms with Gasteiger partial charge in [0.1, 0.15) is 11.4 Å². The molecule has 136 valence electrons. The Kier molecular flexibility index (Phi) is 5.70. The molecule has 3 aromatic rings. The molecule has 1 N–H and O–H groups in total. The van der Waals surface area contributed by atoms with E-state index >= 15 is 0 Å². The highest BCUT2D eigenvalue weighted by Crippen LogP contribution is 2.24. The van der Waals surface area contributed by atoms with Crippen LogP contribution in [0.3, 0.4) is 0 Å². The summed E-state index contributed by atoms with van der Waals surface area (Å²) < 4.78 is 1.42. The van der Waals surface area contributed by atoms with E-state index in [2.05, 4.69) is 10.3 Å². The molecule has 0 saturated carbocycles. The van der Waals surface area contributed by atoms with E-state index in [0.717, 1.165) is 21.7 Å². The van der Waals surface area contributed by atoms with E-state index in [0.29, 0.717) is 21.3 Å². The maximum absolute atomic E-state index is 12.8. The number of carbonyl (C=O) groups excluding carboxylic acids is 1. The van der Waals surface area contributed by atoms with Gasteiger partial charge in [0.15, 0.2) is 5.16 Å². The number of anilines is 1. The van der Waals surface area contributed by atoms with E-state index in [1.807, 2.05) is 32.2 Å². The standard InChI is InChI=1S/C18H18ClN3O2S2/c1-4-12-8-13-16(26-12)21-18(25-3)22(17(13)24)9-15(23)20-11-6-5-10(2)14(19)7-11/h5-8H,4,9H2,1-3H3,(H,20,23). The van der Waals surface area contributed by atoms with Gasteiger partial charge in [0.25, 0.3) is 5.56 Å². The minimum Gasteiger partial charge on any atom is -0.324 e. The zero-order chi connectivity index (χ0) is 18.8. The summed E-state index contributed by atoms with van der Waals surface area (Å²) in [5.74, 6) is -0.297. The summed E-state index contributed by atoms with van der Waals surface area (Å²) >= 11 is 8.97. The van der Waals surface area contributed by atoms with Crippen LogP contribution in [0.25, 0.3) is 10.2 Å². The van der Waals surface area contributed by atoms with Crippen LogP contribution in [0.4, 0.5) is 5.69 Å². The Balaban J connectivity index is 1.91. The van der Waals surface area contributed by atoms with E-state index in [-0.39, 0.29) is 18.0 Å². The Bertz CT molecular complexity index is 1040. The molecule has 8 heteroatoms. The molecule has 0 bridgehead atoms. The smallest absolute Gasteiger partial charge is 0.263 e. The molecule has 1 aromatic carbocycles. The number of nitrogens with one attached hydrogen (secondary N) is 1. The first-order chi connectivity index (χ1) is 12.4. The third-order valence-electron chi connectivity index (χ3n) is 3.96. The zero-order valence-electron chi connectivity index (χ0n) is 14.6. The van der Waals surface area contributed by atoms with Gasteiger partial charge in [-0.1, -0.05) is 36.4 Å². The fourth-order valence-electron chi connectivity index (χ4n) is 2.53. The lowest BCUT2D eigenvalue weighted by Crippen LogP contribution is -2.29. The van der Waals surface area contributed by atoms with Crippen molar-refractivity contribution in [1.82, 2.24) is 9.55 Å². The van der Waals surface area contributed by atoms with Crippen molar-refractivity contribution in [2.75, 3.05) is 11.6 Å². The molecule has 0 atom stereocenters. The van der Waals surface area contributed by atoms with Crippen LogP contribution >= 0.6 is 34.7 Å². The van der Waals surface area contributed by atoms with Crippen LogP contribution < -0.4 is 10.9 Å². The van der Waals surface area contributed by atoms with Gasteiger partial charge >= 0.3 is 0 Å². The molecule has 2 aromatic heterocycles. The lowest BCUT2D eigenvalue weighted by molar-refractivity contribution is -0.116. The maximum Gasteiger partial charge on any atom is 0.263 e. The Morgan fingerprint density at radius 3 is 2.81 bits per heavy atom. The van der Waals surface area contributed by atoms with Crippen molar-refractivity contribution >= 4 is 56.5 Å². The second-order valence-electron chi connectivity index (χ2n) is 5.79. The molecule has 5 nitrogen and oxygen atoms in total. The molecule has 1 amide bonds. The second-order valence-corrected chi connectivity index (χ2v) is 8.08. The highest BCUT2D eigenvalue weighted by molar-refractivity contribution is 7.98. The van der Waals surface area contributed by atoms with Gasteiger partial charge in [0.2, 0.25) is 5.91 Å². The normalized spacial score (nSPS) is 11.1. The Hall–Kier alpha value is -1.83. The molecule has 0 radical (unpaired) electrons. The molecule has 0 saturated heterocycles. The number of carbonyl (C=O) groups is 1. The van der Waals surface area contributed by atoms with Crippen molar-refractivity contribution in [1.29, 1.82) is 0 Å². The number of thiophene rings is 1. The van der Waals surface area contributed by atoms with Crippen LogP contribution in [-0.2, 0) is 17.8 Å². The van der Waals surface area contributed by atoms with Gasteiger partial charge in [-0.3, -0.25) is 14.2 Å². The summed E-state index contributed by atoms with van der Waals surface area (Å²) in [5, 5.41) is 4.46. The topological polar surface area (TPSA) is 64.0 Å². The molecule has 26 heavy (non-hydrogen) atoms. The lowest BCUT2D eigenvalue weighted by Gasteiger charge is -2.11. The molecule has 0 fully saturated rings. The van der Waals surface area contributed by atoms with E-state index in [9.17, 15) is 9.59 Å². The predicted molar refractivity (Wildman–Crippen MR) is 110 cm³/mol. The van der Waals surface area contributed by atoms with Crippen molar-refractivity contribution in [3.63, 3.8) is 0 Å². The van der Waals surface area contributed by atoms with Gasteiger partial charge in [-0.25, -0.2) is 4.98 Å². The number of hydrogen-bond acceptors (Lipinski definition) is 5. The number of fused-ring (bicyclic) bond motifs is 1. The van der Waals surface area contributed by atoms with Crippen molar-refractivity contribution in [3.8, 4) is 0 Å². The number of benzene rings is 1. The average molecular weight is 408 g/mol. The quantitative estimate of drug-likeness (QED) is 0.504. The third-order valence-corrected chi connectivity index (χ3v) is 6.21. The van der Waals surface area contributed by atoms with Crippen LogP contribution in [0.5, 0.6) is 0 Å². The molecule has 3 rings (SSSR count). The van der Waals surface area contributed by atoms with E-state index in [4.69, 9.17) is 11.6 Å². The first-order valence-corrected chi connectivity index (χ1v) is 10.5. The summed E-state index contributed by atoms with van der Waals surface area (Å²) in [4.78, 5) is 31.7. The van der Waals surface area contributed by atoms with Crippen molar-refractivity contribution in [3.05, 3.63) is 50.1 Å². The first-order valence-electron chi connectivity index (χ1n) is 8.06. The minimum absolute atomic E-state index is 0.0965. The second kappa shape index (κ2) is 7.82. The van der Waals surface area contributed by atoms with Gasteiger partial charge in [0, 0.05) is 15.6 Å². The van der Waals surface area contributed by atoms with Gasteiger partial charge in [-0.2, -0.15) is 0 Å². The molecule has 0 aliphatic rings. The number of rotatable bonds is 5.